The molecule has 0 spiro atoms. The van der Waals surface area contributed by atoms with Crippen LogP contribution in [0.5, 0.6) is 0 Å². The Morgan fingerprint density at radius 1 is 1.22 bits per heavy atom. The minimum Gasteiger partial charge on any atom is -0.383 e. The number of β-amino-alcohol motifs (C(OH)–C–C–N with tert-alkyl or cyclic N) is 1. The van der Waals surface area contributed by atoms with Crippen molar-refractivity contribution >= 4 is 24.2 Å². The van der Waals surface area contributed by atoms with Gasteiger partial charge in [0.25, 0.3) is 0 Å². The highest BCUT2D eigenvalue weighted by molar-refractivity contribution is 7.98. The fraction of sp³-hybridized carbons (Fsp3) is 0.571. The van der Waals surface area contributed by atoms with Crippen molar-refractivity contribution in [2.75, 3.05) is 25.4 Å². The number of rotatable bonds is 2. The molecule has 1 atom stereocenters. The van der Waals surface area contributed by atoms with Gasteiger partial charge in [0.15, 0.2) is 0 Å². The lowest BCUT2D eigenvalue weighted by Gasteiger charge is -2.37. The van der Waals surface area contributed by atoms with Crippen LogP contribution in [-0.4, -0.2) is 35.4 Å². The largest absolute Gasteiger partial charge is 0.383 e. The average Bonchev–Trinajstić information content (AvgIpc) is 2.82. The molecule has 3 rings (SSSR count). The fourth-order valence-electron chi connectivity index (χ4n) is 2.95. The smallest absolute Gasteiger partial charge is 0.112 e. The molecule has 0 amide bonds. The van der Waals surface area contributed by atoms with Crippen LogP contribution < -0.4 is 0 Å². The molecule has 18 heavy (non-hydrogen) atoms. The highest BCUT2D eigenvalue weighted by Gasteiger charge is 2.36. The third kappa shape index (κ3) is 2.69. The summed E-state index contributed by atoms with van der Waals surface area (Å²) >= 11 is 1.85. The van der Waals surface area contributed by atoms with E-state index < -0.39 is 5.60 Å². The van der Waals surface area contributed by atoms with Gasteiger partial charge in [0.2, 0.25) is 0 Å². The third-order valence-corrected chi connectivity index (χ3v) is 5.00. The summed E-state index contributed by atoms with van der Waals surface area (Å²) < 4.78 is 0. The van der Waals surface area contributed by atoms with E-state index in [0.29, 0.717) is 0 Å². The molecule has 0 aromatic heterocycles. The Bertz CT molecular complexity index is 409. The van der Waals surface area contributed by atoms with Crippen LogP contribution in [0.1, 0.15) is 24.0 Å². The van der Waals surface area contributed by atoms with Gasteiger partial charge >= 0.3 is 0 Å². The van der Waals surface area contributed by atoms with E-state index in [2.05, 4.69) is 23.1 Å². The molecule has 1 saturated heterocycles. The Hall–Kier alpha value is -0.220. The summed E-state index contributed by atoms with van der Waals surface area (Å²) in [7, 11) is 0. The summed E-state index contributed by atoms with van der Waals surface area (Å²) in [6.45, 7) is 3.10. The van der Waals surface area contributed by atoms with Crippen molar-refractivity contribution in [3.05, 3.63) is 35.4 Å². The molecule has 2 aliphatic rings. The first-order valence-corrected chi connectivity index (χ1v) is 7.54. The standard InChI is InChI=1S/C14H19NOS.ClH/c16-14(10-15-7-3-4-8-15)11-17-9-12-5-1-2-6-13(12)14;/h1-2,5-6,16H,3-4,7-11H2;1H. The van der Waals surface area contributed by atoms with E-state index in [1.807, 2.05) is 17.8 Å². The van der Waals surface area contributed by atoms with Gasteiger partial charge in [-0.1, -0.05) is 24.3 Å². The molecular formula is C14H20ClNOS. The zero-order chi connectivity index (χ0) is 11.7. The van der Waals surface area contributed by atoms with Crippen LogP contribution in [0.15, 0.2) is 24.3 Å². The lowest BCUT2D eigenvalue weighted by Crippen LogP contribution is -2.43. The maximum atomic E-state index is 10.9. The first kappa shape index (κ1) is 14.2. The van der Waals surface area contributed by atoms with Crippen molar-refractivity contribution in [1.29, 1.82) is 0 Å². The molecule has 0 aliphatic carbocycles. The molecule has 2 nitrogen and oxygen atoms in total. The van der Waals surface area contributed by atoms with Crippen LogP contribution in [0.4, 0.5) is 0 Å². The molecule has 0 bridgehead atoms. The second kappa shape index (κ2) is 5.83. The summed E-state index contributed by atoms with van der Waals surface area (Å²) in [5, 5.41) is 10.9. The first-order chi connectivity index (χ1) is 8.28. The van der Waals surface area contributed by atoms with Gasteiger partial charge in [-0.15, -0.1) is 12.4 Å². The van der Waals surface area contributed by atoms with E-state index in [1.165, 1.54) is 18.4 Å². The number of thioether (sulfide) groups is 1. The Labute approximate surface area is 119 Å². The van der Waals surface area contributed by atoms with Crippen molar-refractivity contribution in [2.24, 2.45) is 0 Å². The zero-order valence-electron chi connectivity index (χ0n) is 10.5. The van der Waals surface area contributed by atoms with Gasteiger partial charge in [-0.05, 0) is 37.1 Å². The van der Waals surface area contributed by atoms with Crippen LogP contribution in [0.2, 0.25) is 0 Å². The molecule has 1 unspecified atom stereocenters. The van der Waals surface area contributed by atoms with Crippen molar-refractivity contribution < 1.29 is 5.11 Å². The van der Waals surface area contributed by atoms with Crippen LogP contribution >= 0.6 is 24.2 Å². The number of halogens is 1. The minimum atomic E-state index is -0.635. The summed E-state index contributed by atoms with van der Waals surface area (Å²) in [6.07, 6.45) is 2.57. The molecule has 1 aromatic rings. The van der Waals surface area contributed by atoms with Crippen molar-refractivity contribution in [2.45, 2.75) is 24.2 Å². The van der Waals surface area contributed by atoms with Gasteiger partial charge in [0.05, 0.1) is 0 Å². The monoisotopic (exact) mass is 285 g/mol. The SMILES string of the molecule is Cl.OC1(CN2CCCC2)CSCc2ccccc21. The second-order valence-electron chi connectivity index (χ2n) is 5.16. The van der Waals surface area contributed by atoms with E-state index in [0.717, 1.165) is 36.7 Å². The average molecular weight is 286 g/mol. The third-order valence-electron chi connectivity index (χ3n) is 3.80. The Kier molecular flexibility index (Phi) is 4.59. The normalized spacial score (nSPS) is 27.6. The number of aliphatic hydroxyl groups is 1. The minimum absolute atomic E-state index is 0. The lowest BCUT2D eigenvalue weighted by atomic mass is 9.91. The highest BCUT2D eigenvalue weighted by Crippen LogP contribution is 2.37. The van der Waals surface area contributed by atoms with Crippen molar-refractivity contribution in [3.8, 4) is 0 Å². The Morgan fingerprint density at radius 2 is 1.94 bits per heavy atom. The molecule has 1 fully saturated rings. The molecule has 4 heteroatoms. The van der Waals surface area contributed by atoms with Crippen molar-refractivity contribution in [1.82, 2.24) is 4.90 Å². The predicted molar refractivity (Wildman–Crippen MR) is 79.4 cm³/mol. The summed E-state index contributed by atoms with van der Waals surface area (Å²) in [4.78, 5) is 2.41. The van der Waals surface area contributed by atoms with E-state index in [4.69, 9.17) is 0 Å². The first-order valence-electron chi connectivity index (χ1n) is 6.39. The lowest BCUT2D eigenvalue weighted by molar-refractivity contribution is 0.0257. The number of likely N-dealkylation sites (tertiary alicyclic amines) is 1. The number of hydrogen-bond donors (Lipinski definition) is 1. The number of benzene rings is 1. The summed E-state index contributed by atoms with van der Waals surface area (Å²) in [6, 6.07) is 8.37. The molecule has 0 saturated carbocycles. The zero-order valence-corrected chi connectivity index (χ0v) is 12.1. The van der Waals surface area contributed by atoms with Crippen LogP contribution in [-0.2, 0) is 11.4 Å². The van der Waals surface area contributed by atoms with Gasteiger partial charge in [-0.3, -0.25) is 0 Å². The number of nitrogens with zero attached hydrogens (tertiary/aromatic N) is 1. The Morgan fingerprint density at radius 3 is 2.72 bits per heavy atom. The molecule has 0 radical (unpaired) electrons. The number of fused-ring (bicyclic) bond motifs is 1. The van der Waals surface area contributed by atoms with E-state index in [9.17, 15) is 5.11 Å². The maximum Gasteiger partial charge on any atom is 0.112 e. The van der Waals surface area contributed by atoms with Crippen LogP contribution in [0.25, 0.3) is 0 Å². The van der Waals surface area contributed by atoms with E-state index >= 15 is 0 Å². The number of hydrogen-bond acceptors (Lipinski definition) is 3. The highest BCUT2D eigenvalue weighted by atomic mass is 35.5. The maximum absolute atomic E-state index is 10.9. The molecule has 100 valence electrons. The van der Waals surface area contributed by atoms with Crippen LogP contribution in [0.3, 0.4) is 0 Å². The molecule has 2 aliphatic heterocycles. The predicted octanol–water partition coefficient (Wildman–Crippen LogP) is 2.64. The quantitative estimate of drug-likeness (QED) is 0.904. The van der Waals surface area contributed by atoms with Crippen LogP contribution in [0, 0.1) is 0 Å². The topological polar surface area (TPSA) is 23.5 Å². The van der Waals surface area contributed by atoms with Gasteiger partial charge in [0.1, 0.15) is 5.60 Å². The summed E-state index contributed by atoms with van der Waals surface area (Å²) in [5.74, 6) is 1.87. The van der Waals surface area contributed by atoms with Gasteiger partial charge in [-0.2, -0.15) is 11.8 Å². The van der Waals surface area contributed by atoms with E-state index in [1.54, 1.807) is 0 Å². The summed E-state index contributed by atoms with van der Waals surface area (Å²) in [5.41, 5.74) is 1.83. The fourth-order valence-corrected chi connectivity index (χ4v) is 4.11. The molecule has 1 N–H and O–H groups in total. The molecular weight excluding hydrogens is 266 g/mol. The van der Waals surface area contributed by atoms with Gasteiger partial charge < -0.3 is 10.0 Å². The van der Waals surface area contributed by atoms with Crippen molar-refractivity contribution in [3.63, 3.8) is 0 Å². The van der Waals surface area contributed by atoms with Gasteiger partial charge in [-0.25, -0.2) is 0 Å². The Balaban J connectivity index is 0.00000120. The molecule has 1 aromatic carbocycles. The molecule has 2 heterocycles. The van der Waals surface area contributed by atoms with Gasteiger partial charge in [0, 0.05) is 18.1 Å². The second-order valence-corrected chi connectivity index (χ2v) is 6.15. The van der Waals surface area contributed by atoms with E-state index in [-0.39, 0.29) is 12.4 Å².